The summed E-state index contributed by atoms with van der Waals surface area (Å²) >= 11 is 1.56. The molecule has 3 rings (SSSR count). The number of rotatable bonds is 5. The molecule has 1 N–H and O–H groups in total. The molecule has 0 aliphatic carbocycles. The maximum atomic E-state index is 13.1. The molecule has 0 saturated carbocycles. The maximum Gasteiger partial charge on any atom is 0.313 e. The zero-order valence-electron chi connectivity index (χ0n) is 14.2. The molecule has 2 aromatic heterocycles. The second-order valence-electron chi connectivity index (χ2n) is 5.57. The lowest BCUT2D eigenvalue weighted by Gasteiger charge is -2.10. The number of anilines is 2. The van der Waals surface area contributed by atoms with Crippen LogP contribution in [-0.2, 0) is 16.0 Å². The second-order valence-corrected chi connectivity index (χ2v) is 6.77. The Morgan fingerprint density at radius 2 is 1.96 bits per heavy atom. The van der Waals surface area contributed by atoms with Crippen LogP contribution >= 0.6 is 11.3 Å². The predicted molar refractivity (Wildman–Crippen MR) is 96.9 cm³/mol. The van der Waals surface area contributed by atoms with Crippen molar-refractivity contribution < 1.29 is 13.9 Å². The van der Waals surface area contributed by atoms with E-state index in [9.17, 15) is 9.18 Å². The number of nitrogens with zero attached hydrogens (tertiary/aromatic N) is 2. The fraction of sp³-hybridized carbons (Fsp3) is 0.278. The van der Waals surface area contributed by atoms with Crippen LogP contribution in [-0.4, -0.2) is 22.5 Å². The van der Waals surface area contributed by atoms with Crippen LogP contribution in [0.1, 0.15) is 23.2 Å². The van der Waals surface area contributed by atoms with Gasteiger partial charge >= 0.3 is 5.97 Å². The van der Waals surface area contributed by atoms with Gasteiger partial charge in [-0.15, -0.1) is 11.3 Å². The lowest BCUT2D eigenvalue weighted by Crippen LogP contribution is -2.11. The minimum atomic E-state index is -0.361. The normalized spacial score (nSPS) is 10.9. The highest BCUT2D eigenvalue weighted by atomic mass is 32.1. The van der Waals surface area contributed by atoms with Crippen molar-refractivity contribution in [2.24, 2.45) is 0 Å². The van der Waals surface area contributed by atoms with Crippen molar-refractivity contribution in [3.05, 3.63) is 46.3 Å². The van der Waals surface area contributed by atoms with Crippen molar-refractivity contribution in [3.63, 3.8) is 0 Å². The minimum absolute atomic E-state index is 0.0118. The molecule has 0 atom stereocenters. The van der Waals surface area contributed by atoms with Crippen LogP contribution in [0.3, 0.4) is 0 Å². The Bertz CT molecular complexity index is 922. The number of carbonyl (C=O) groups excluding carboxylic acids is 1. The van der Waals surface area contributed by atoms with Crippen molar-refractivity contribution in [2.75, 3.05) is 11.9 Å². The number of fused-ring (bicyclic) bond motifs is 1. The minimum Gasteiger partial charge on any atom is -0.466 e. The first kappa shape index (κ1) is 17.3. The SMILES string of the molecule is CCOC(=O)Cc1nc(Nc2ccc(F)cc2)c2c(C)c(C)sc2n1. The highest BCUT2D eigenvalue weighted by Crippen LogP contribution is 2.34. The van der Waals surface area contributed by atoms with Crippen molar-refractivity contribution in [2.45, 2.75) is 27.2 Å². The standard InChI is InChI=1S/C18H18FN3O2S/c1-4-24-15(23)9-14-21-17(20-13-7-5-12(19)6-8-13)16-10(2)11(3)25-18(16)22-14/h5-8H,4,9H2,1-3H3,(H,20,21,22). The van der Waals surface area contributed by atoms with E-state index in [1.807, 2.05) is 13.8 Å². The highest BCUT2D eigenvalue weighted by molar-refractivity contribution is 7.18. The molecule has 0 radical (unpaired) electrons. The van der Waals surface area contributed by atoms with E-state index in [0.29, 0.717) is 23.9 Å². The Balaban J connectivity index is 2.03. The summed E-state index contributed by atoms with van der Waals surface area (Å²) in [5.41, 5.74) is 1.80. The van der Waals surface area contributed by atoms with Crippen molar-refractivity contribution in [3.8, 4) is 0 Å². The zero-order chi connectivity index (χ0) is 18.0. The van der Waals surface area contributed by atoms with Gasteiger partial charge < -0.3 is 10.1 Å². The van der Waals surface area contributed by atoms with Gasteiger partial charge in [0.1, 0.15) is 28.7 Å². The van der Waals surface area contributed by atoms with Crippen molar-refractivity contribution in [1.29, 1.82) is 0 Å². The summed E-state index contributed by atoms with van der Waals surface area (Å²) in [5.74, 6) is 0.345. The van der Waals surface area contributed by atoms with Gasteiger partial charge in [0.15, 0.2) is 0 Å². The summed E-state index contributed by atoms with van der Waals surface area (Å²) in [5, 5.41) is 4.13. The van der Waals surface area contributed by atoms with Crippen LogP contribution in [0.4, 0.5) is 15.9 Å². The average molecular weight is 359 g/mol. The number of esters is 1. The number of thiophene rings is 1. The van der Waals surface area contributed by atoms with Crippen LogP contribution in [0, 0.1) is 19.7 Å². The van der Waals surface area contributed by atoms with E-state index >= 15 is 0 Å². The van der Waals surface area contributed by atoms with Gasteiger partial charge in [-0.3, -0.25) is 4.79 Å². The highest BCUT2D eigenvalue weighted by Gasteiger charge is 2.17. The van der Waals surface area contributed by atoms with Crippen LogP contribution in [0.5, 0.6) is 0 Å². The molecule has 0 aliphatic heterocycles. The summed E-state index contributed by atoms with van der Waals surface area (Å²) < 4.78 is 18.1. The van der Waals surface area contributed by atoms with Crippen LogP contribution in [0.15, 0.2) is 24.3 Å². The number of halogens is 1. The third-order valence-electron chi connectivity index (χ3n) is 3.79. The lowest BCUT2D eigenvalue weighted by atomic mass is 10.2. The molecule has 3 aromatic rings. The molecule has 0 aliphatic rings. The van der Waals surface area contributed by atoms with Gasteiger partial charge in [-0.1, -0.05) is 0 Å². The summed E-state index contributed by atoms with van der Waals surface area (Å²) in [6.07, 6.45) is 0.0118. The Morgan fingerprint density at radius 1 is 1.24 bits per heavy atom. The molecule has 0 fully saturated rings. The van der Waals surface area contributed by atoms with Gasteiger partial charge in [-0.05, 0) is 50.6 Å². The Kier molecular flexibility index (Phi) is 4.94. The molecule has 0 bridgehead atoms. The van der Waals surface area contributed by atoms with Gasteiger partial charge in [0.25, 0.3) is 0 Å². The number of aromatic nitrogens is 2. The molecule has 7 heteroatoms. The molecule has 1 aromatic carbocycles. The van der Waals surface area contributed by atoms with Crippen LogP contribution < -0.4 is 5.32 Å². The fourth-order valence-corrected chi connectivity index (χ4v) is 3.52. The van der Waals surface area contributed by atoms with E-state index in [1.165, 1.54) is 12.1 Å². The molecule has 25 heavy (non-hydrogen) atoms. The van der Waals surface area contributed by atoms with E-state index in [2.05, 4.69) is 15.3 Å². The van der Waals surface area contributed by atoms with Gasteiger partial charge in [0.2, 0.25) is 0 Å². The van der Waals surface area contributed by atoms with Gasteiger partial charge in [0.05, 0.1) is 12.0 Å². The summed E-state index contributed by atoms with van der Waals surface area (Å²) in [6.45, 7) is 6.11. The summed E-state index contributed by atoms with van der Waals surface area (Å²) in [6, 6.07) is 6.05. The monoisotopic (exact) mass is 359 g/mol. The number of benzene rings is 1. The second kappa shape index (κ2) is 7.14. The number of hydrogen-bond donors (Lipinski definition) is 1. The van der Waals surface area contributed by atoms with E-state index in [-0.39, 0.29) is 18.2 Å². The Labute approximate surface area is 148 Å². The first-order chi connectivity index (χ1) is 12.0. The molecule has 2 heterocycles. The number of nitrogens with one attached hydrogen (secondary N) is 1. The molecule has 0 spiro atoms. The van der Waals surface area contributed by atoms with Gasteiger partial charge in [-0.2, -0.15) is 0 Å². The number of carbonyl (C=O) groups is 1. The summed E-state index contributed by atoms with van der Waals surface area (Å²) in [7, 11) is 0. The quantitative estimate of drug-likeness (QED) is 0.688. The maximum absolute atomic E-state index is 13.1. The molecular weight excluding hydrogens is 341 g/mol. The zero-order valence-corrected chi connectivity index (χ0v) is 15.0. The van der Waals surface area contributed by atoms with Crippen molar-refractivity contribution in [1.82, 2.24) is 9.97 Å². The number of ether oxygens (including phenoxy) is 1. The van der Waals surface area contributed by atoms with Crippen LogP contribution in [0.2, 0.25) is 0 Å². The molecule has 0 amide bonds. The van der Waals surface area contributed by atoms with Crippen LogP contribution in [0.25, 0.3) is 10.2 Å². The molecular formula is C18H18FN3O2S. The molecule has 5 nitrogen and oxygen atoms in total. The molecule has 130 valence electrons. The average Bonchev–Trinajstić information content (AvgIpc) is 2.84. The third-order valence-corrected chi connectivity index (χ3v) is 4.89. The van der Waals surface area contributed by atoms with Gasteiger partial charge in [0, 0.05) is 10.6 Å². The number of hydrogen-bond acceptors (Lipinski definition) is 6. The first-order valence-corrected chi connectivity index (χ1v) is 8.74. The van der Waals surface area contributed by atoms with E-state index < -0.39 is 0 Å². The smallest absolute Gasteiger partial charge is 0.313 e. The fourth-order valence-electron chi connectivity index (χ4n) is 2.47. The molecule has 0 unspecified atom stereocenters. The molecule has 0 saturated heterocycles. The Morgan fingerprint density at radius 3 is 2.64 bits per heavy atom. The topological polar surface area (TPSA) is 64.1 Å². The summed E-state index contributed by atoms with van der Waals surface area (Å²) in [4.78, 5) is 22.7. The van der Waals surface area contributed by atoms with E-state index in [4.69, 9.17) is 4.74 Å². The van der Waals surface area contributed by atoms with Crippen molar-refractivity contribution >= 4 is 39.0 Å². The lowest BCUT2D eigenvalue weighted by molar-refractivity contribution is -0.142. The third kappa shape index (κ3) is 3.76. The van der Waals surface area contributed by atoms with E-state index in [1.54, 1.807) is 30.4 Å². The largest absolute Gasteiger partial charge is 0.466 e. The van der Waals surface area contributed by atoms with E-state index in [0.717, 1.165) is 20.7 Å². The first-order valence-electron chi connectivity index (χ1n) is 7.92. The predicted octanol–water partition coefficient (Wildman–Crippen LogP) is 4.30. The van der Waals surface area contributed by atoms with Gasteiger partial charge in [-0.25, -0.2) is 14.4 Å². The number of aryl methyl sites for hydroxylation is 2. The Hall–Kier alpha value is -2.54.